The highest BCUT2D eigenvalue weighted by atomic mass is 16.5. The summed E-state index contributed by atoms with van der Waals surface area (Å²) in [6, 6.07) is -0.873. The summed E-state index contributed by atoms with van der Waals surface area (Å²) in [6.07, 6.45) is 45.5. The lowest BCUT2D eigenvalue weighted by Crippen LogP contribution is -2.40. The first-order chi connectivity index (χ1) is 24.9. The predicted molar refractivity (Wildman–Crippen MR) is 216 cm³/mol. The van der Waals surface area contributed by atoms with Crippen LogP contribution >= 0.6 is 0 Å². The van der Waals surface area contributed by atoms with Gasteiger partial charge in [-0.15, -0.1) is 0 Å². The number of nitrogens with two attached hydrogens (primary N) is 1. The second-order valence-corrected chi connectivity index (χ2v) is 14.4. The fraction of sp³-hybridized carbons (Fsp3) is 0.795. The largest absolute Gasteiger partial charge is 0.480 e. The van der Waals surface area contributed by atoms with Crippen molar-refractivity contribution in [2.75, 3.05) is 6.54 Å². The number of carbonyl (C=O) groups excluding carboxylic acids is 2. The highest BCUT2D eigenvalue weighted by Crippen LogP contribution is 2.16. The van der Waals surface area contributed by atoms with Gasteiger partial charge >= 0.3 is 11.9 Å². The van der Waals surface area contributed by atoms with Crippen LogP contribution in [-0.2, 0) is 19.1 Å². The van der Waals surface area contributed by atoms with E-state index >= 15 is 0 Å². The number of rotatable bonds is 38. The van der Waals surface area contributed by atoms with E-state index in [2.05, 4.69) is 37.4 Å². The van der Waals surface area contributed by atoms with Gasteiger partial charge in [-0.1, -0.05) is 167 Å². The minimum Gasteiger partial charge on any atom is -0.480 e. The molecule has 7 heteroatoms. The van der Waals surface area contributed by atoms with Crippen molar-refractivity contribution in [1.82, 2.24) is 5.32 Å². The average Bonchev–Trinajstić information content (AvgIpc) is 3.11. The van der Waals surface area contributed by atoms with Crippen molar-refractivity contribution in [3.63, 3.8) is 0 Å². The van der Waals surface area contributed by atoms with E-state index in [1.165, 1.54) is 116 Å². The molecule has 1 amide bonds. The zero-order valence-electron chi connectivity index (χ0n) is 33.2. The Kier molecular flexibility index (Phi) is 37.0. The minimum absolute atomic E-state index is 0.141. The Morgan fingerprint density at radius 1 is 0.608 bits per heavy atom. The van der Waals surface area contributed by atoms with Crippen molar-refractivity contribution in [1.29, 1.82) is 0 Å². The average molecular weight is 717 g/mol. The first kappa shape index (κ1) is 48.6. The van der Waals surface area contributed by atoms with Crippen LogP contribution in [0, 0.1) is 0 Å². The van der Waals surface area contributed by atoms with Gasteiger partial charge in [0.05, 0.1) is 0 Å². The Labute approximate surface area is 314 Å². The van der Waals surface area contributed by atoms with Gasteiger partial charge < -0.3 is 20.9 Å². The van der Waals surface area contributed by atoms with Crippen molar-refractivity contribution in [2.45, 2.75) is 219 Å². The van der Waals surface area contributed by atoms with E-state index in [0.29, 0.717) is 38.6 Å². The van der Waals surface area contributed by atoms with Gasteiger partial charge in [0.2, 0.25) is 5.91 Å². The zero-order valence-corrected chi connectivity index (χ0v) is 33.2. The Bertz CT molecular complexity index is 900. The molecule has 0 spiro atoms. The summed E-state index contributed by atoms with van der Waals surface area (Å²) in [5, 5.41) is 11.9. The number of unbranched alkanes of at least 4 members (excludes halogenated alkanes) is 22. The maximum absolute atomic E-state index is 12.6. The van der Waals surface area contributed by atoms with E-state index in [0.717, 1.165) is 44.9 Å². The van der Waals surface area contributed by atoms with Crippen LogP contribution < -0.4 is 11.1 Å². The number of nitrogens with one attached hydrogen (secondary N) is 1. The minimum atomic E-state index is -1.02. The summed E-state index contributed by atoms with van der Waals surface area (Å²) < 4.78 is 5.80. The SMILES string of the molecule is CC/C=C\C/C=C\C(/C=C\CCCCCC(=O)NC(CCCN)C(=O)O)OC(=O)CCCCCCCCCCCCCCCCCCCCCC. The molecule has 0 aromatic carbocycles. The van der Waals surface area contributed by atoms with Gasteiger partial charge in [-0.05, 0) is 70.1 Å². The van der Waals surface area contributed by atoms with Gasteiger partial charge in [-0.3, -0.25) is 9.59 Å². The molecule has 0 aromatic heterocycles. The van der Waals surface area contributed by atoms with Crippen molar-refractivity contribution < 1.29 is 24.2 Å². The maximum Gasteiger partial charge on any atom is 0.326 e. The van der Waals surface area contributed by atoms with Crippen LogP contribution in [0.25, 0.3) is 0 Å². The molecule has 296 valence electrons. The van der Waals surface area contributed by atoms with Crippen molar-refractivity contribution in [3.05, 3.63) is 36.5 Å². The Hall–Kier alpha value is -2.41. The molecule has 51 heavy (non-hydrogen) atoms. The van der Waals surface area contributed by atoms with Gasteiger partial charge in [0.1, 0.15) is 12.1 Å². The molecule has 0 radical (unpaired) electrons. The molecule has 0 aliphatic carbocycles. The monoisotopic (exact) mass is 717 g/mol. The number of hydrogen-bond acceptors (Lipinski definition) is 5. The molecule has 7 nitrogen and oxygen atoms in total. The molecule has 0 rings (SSSR count). The molecule has 0 fully saturated rings. The number of allylic oxidation sites excluding steroid dienone is 4. The molecular weight excluding hydrogens is 636 g/mol. The third-order valence-corrected chi connectivity index (χ3v) is 9.43. The van der Waals surface area contributed by atoms with E-state index in [4.69, 9.17) is 10.5 Å². The van der Waals surface area contributed by atoms with Gasteiger partial charge in [0, 0.05) is 12.8 Å². The van der Waals surface area contributed by atoms with E-state index in [-0.39, 0.29) is 18.0 Å². The van der Waals surface area contributed by atoms with Crippen LogP contribution in [0.4, 0.5) is 0 Å². The second-order valence-electron chi connectivity index (χ2n) is 14.4. The van der Waals surface area contributed by atoms with E-state index in [1.807, 2.05) is 18.2 Å². The lowest BCUT2D eigenvalue weighted by Gasteiger charge is -2.13. The first-order valence-corrected chi connectivity index (χ1v) is 21.3. The van der Waals surface area contributed by atoms with Crippen LogP contribution in [-0.4, -0.2) is 41.6 Å². The number of carbonyl (C=O) groups is 3. The molecule has 4 N–H and O–H groups in total. The molecule has 2 unspecified atom stereocenters. The first-order valence-electron chi connectivity index (χ1n) is 21.3. The van der Waals surface area contributed by atoms with E-state index in [9.17, 15) is 19.5 Å². The van der Waals surface area contributed by atoms with Crippen LogP contribution in [0.5, 0.6) is 0 Å². The summed E-state index contributed by atoms with van der Waals surface area (Å²) in [5.74, 6) is -1.39. The summed E-state index contributed by atoms with van der Waals surface area (Å²) >= 11 is 0. The molecule has 0 aliphatic heterocycles. The smallest absolute Gasteiger partial charge is 0.326 e. The lowest BCUT2D eigenvalue weighted by molar-refractivity contribution is -0.145. The Balaban J connectivity index is 4.04. The Morgan fingerprint density at radius 3 is 1.61 bits per heavy atom. The molecular formula is C44H80N2O5. The standard InChI is InChI=1S/C44H80N2O5/c1-3-5-7-9-10-11-12-13-14-15-16-17-18-19-20-21-22-23-28-32-38-43(48)51-40(34-29-25-8-6-4-2)35-30-26-24-27-31-37-42(47)46-41(44(49)50)36-33-39-45/h6,8,29-30,34-35,40-41H,3-5,7,9-28,31-33,36-39,45H2,1-2H3,(H,46,47)(H,49,50)/b8-6-,34-29-,35-30-. The number of amides is 1. The third-order valence-electron chi connectivity index (χ3n) is 9.43. The lowest BCUT2D eigenvalue weighted by atomic mass is 10.0. The molecule has 0 aliphatic rings. The third kappa shape index (κ3) is 35.8. The normalized spacial score (nSPS) is 13.0. The molecule has 0 saturated heterocycles. The number of esters is 1. The summed E-state index contributed by atoms with van der Waals surface area (Å²) in [6.45, 7) is 4.79. The molecule has 0 aromatic rings. The number of ether oxygens (including phenoxy) is 1. The van der Waals surface area contributed by atoms with Gasteiger partial charge in [0.15, 0.2) is 0 Å². The van der Waals surface area contributed by atoms with E-state index in [1.54, 1.807) is 0 Å². The van der Waals surface area contributed by atoms with Crippen LogP contribution in [0.2, 0.25) is 0 Å². The molecule has 0 heterocycles. The summed E-state index contributed by atoms with van der Waals surface area (Å²) in [4.78, 5) is 36.1. The van der Waals surface area contributed by atoms with E-state index < -0.39 is 12.0 Å². The fourth-order valence-electron chi connectivity index (χ4n) is 6.23. The summed E-state index contributed by atoms with van der Waals surface area (Å²) in [7, 11) is 0. The second kappa shape index (κ2) is 38.8. The number of carboxylic acids is 1. The maximum atomic E-state index is 12.6. The van der Waals surface area contributed by atoms with Gasteiger partial charge in [-0.25, -0.2) is 4.79 Å². The highest BCUT2D eigenvalue weighted by Gasteiger charge is 2.18. The number of carboxylic acid groups (broad SMARTS) is 1. The van der Waals surface area contributed by atoms with Crippen molar-refractivity contribution >= 4 is 17.8 Å². The van der Waals surface area contributed by atoms with Gasteiger partial charge in [-0.2, -0.15) is 0 Å². The topological polar surface area (TPSA) is 119 Å². The molecule has 0 bridgehead atoms. The molecule has 0 saturated carbocycles. The number of hydrogen-bond donors (Lipinski definition) is 3. The van der Waals surface area contributed by atoms with Crippen molar-refractivity contribution in [3.8, 4) is 0 Å². The Morgan fingerprint density at radius 2 is 1.10 bits per heavy atom. The van der Waals surface area contributed by atoms with Crippen LogP contribution in [0.1, 0.15) is 206 Å². The van der Waals surface area contributed by atoms with Gasteiger partial charge in [0.25, 0.3) is 0 Å². The predicted octanol–water partition coefficient (Wildman–Crippen LogP) is 11.8. The zero-order chi connectivity index (χ0) is 37.5. The van der Waals surface area contributed by atoms with Crippen LogP contribution in [0.3, 0.4) is 0 Å². The molecule has 2 atom stereocenters. The van der Waals surface area contributed by atoms with Crippen molar-refractivity contribution in [2.24, 2.45) is 5.73 Å². The number of aliphatic carboxylic acids is 1. The fourth-order valence-corrected chi connectivity index (χ4v) is 6.23. The highest BCUT2D eigenvalue weighted by molar-refractivity contribution is 5.83. The summed E-state index contributed by atoms with van der Waals surface area (Å²) in [5.41, 5.74) is 5.46. The quantitative estimate of drug-likeness (QED) is 0.0332. The van der Waals surface area contributed by atoms with Crippen LogP contribution in [0.15, 0.2) is 36.5 Å².